The molecule has 0 unspecified atom stereocenters. The van der Waals surface area contributed by atoms with Gasteiger partial charge < -0.3 is 25.7 Å². The number of nitrogens with one attached hydrogen (secondary N) is 4. The molecular formula is C28H25Cl2N7O3. The molecule has 3 amide bonds. The third-order valence-corrected chi connectivity index (χ3v) is 6.91. The van der Waals surface area contributed by atoms with Crippen LogP contribution in [0.2, 0.25) is 10.2 Å². The Morgan fingerprint density at radius 2 is 1.82 bits per heavy atom. The van der Waals surface area contributed by atoms with Crippen molar-refractivity contribution in [2.75, 3.05) is 11.9 Å². The van der Waals surface area contributed by atoms with Crippen molar-refractivity contribution < 1.29 is 14.7 Å². The quantitative estimate of drug-likeness (QED) is 0.150. The van der Waals surface area contributed by atoms with Gasteiger partial charge in [0.1, 0.15) is 16.7 Å². The summed E-state index contributed by atoms with van der Waals surface area (Å²) in [6.45, 7) is 0.215. The highest BCUT2D eigenvalue weighted by atomic mass is 35.5. The Bertz CT molecular complexity index is 1650. The summed E-state index contributed by atoms with van der Waals surface area (Å²) in [6.07, 6.45) is 0.974. The van der Waals surface area contributed by atoms with Crippen molar-refractivity contribution in [2.45, 2.75) is 19.0 Å². The molecule has 0 fully saturated rings. The van der Waals surface area contributed by atoms with Crippen LogP contribution in [0.15, 0.2) is 73.1 Å². The number of urea groups is 1. The zero-order valence-corrected chi connectivity index (χ0v) is 22.8. The first kappa shape index (κ1) is 27.0. The fourth-order valence-corrected chi connectivity index (χ4v) is 4.84. The highest BCUT2D eigenvalue weighted by molar-refractivity contribution is 6.32. The minimum Gasteiger partial charge on any atom is -0.465 e. The number of halogens is 2. The highest BCUT2D eigenvalue weighted by Gasteiger charge is 2.22. The molecule has 0 saturated heterocycles. The lowest BCUT2D eigenvalue weighted by Gasteiger charge is -2.18. The lowest BCUT2D eigenvalue weighted by Crippen LogP contribution is -2.38. The SMILES string of the molecule is CN(C(=O)O)c1ccc(-c2nc([C@H](Cc3ccccc3)NC(=O)NCc3cc(Cl)cc4[nH]cnc34)[nH]c2Cl)cc1. The monoisotopic (exact) mass is 577 g/mol. The van der Waals surface area contributed by atoms with Crippen molar-refractivity contribution in [3.05, 3.63) is 100 Å². The Balaban J connectivity index is 1.36. The number of rotatable bonds is 8. The smallest absolute Gasteiger partial charge is 0.411 e. The number of H-pyrrole nitrogens is 2. The van der Waals surface area contributed by atoms with Crippen LogP contribution in [0.25, 0.3) is 22.3 Å². The van der Waals surface area contributed by atoms with E-state index in [4.69, 9.17) is 28.2 Å². The normalized spacial score (nSPS) is 11.8. The number of carboxylic acid groups (broad SMARTS) is 1. The van der Waals surface area contributed by atoms with Gasteiger partial charge in [-0.1, -0.05) is 65.7 Å². The van der Waals surface area contributed by atoms with Crippen LogP contribution in [0, 0.1) is 0 Å². The predicted molar refractivity (Wildman–Crippen MR) is 155 cm³/mol. The molecule has 10 nitrogen and oxygen atoms in total. The Labute approximate surface area is 239 Å². The first-order valence-electron chi connectivity index (χ1n) is 12.3. The van der Waals surface area contributed by atoms with Crippen LogP contribution in [0.4, 0.5) is 15.3 Å². The van der Waals surface area contributed by atoms with Gasteiger partial charge in [-0.25, -0.2) is 19.6 Å². The maximum atomic E-state index is 13.1. The Hall–Kier alpha value is -4.54. The molecule has 5 N–H and O–H groups in total. The van der Waals surface area contributed by atoms with Gasteiger partial charge in [-0.05, 0) is 36.2 Å². The summed E-state index contributed by atoms with van der Waals surface area (Å²) in [5.74, 6) is 0.475. The first-order valence-corrected chi connectivity index (χ1v) is 13.1. The van der Waals surface area contributed by atoms with Crippen LogP contribution in [0.1, 0.15) is 23.0 Å². The second-order valence-corrected chi connectivity index (χ2v) is 9.92. The number of carbonyl (C=O) groups excluding carboxylic acids is 1. The van der Waals surface area contributed by atoms with Gasteiger partial charge >= 0.3 is 12.1 Å². The molecule has 0 radical (unpaired) electrons. The van der Waals surface area contributed by atoms with Crippen molar-refractivity contribution in [3.63, 3.8) is 0 Å². The van der Waals surface area contributed by atoms with E-state index in [9.17, 15) is 14.7 Å². The molecule has 5 rings (SSSR count). The van der Waals surface area contributed by atoms with Crippen LogP contribution < -0.4 is 15.5 Å². The molecule has 0 aliphatic carbocycles. The number of fused-ring (bicyclic) bond motifs is 1. The molecule has 0 aliphatic heterocycles. The van der Waals surface area contributed by atoms with Crippen LogP contribution in [-0.4, -0.2) is 44.2 Å². The molecule has 0 aliphatic rings. The van der Waals surface area contributed by atoms with E-state index in [1.54, 1.807) is 42.7 Å². The summed E-state index contributed by atoms with van der Waals surface area (Å²) in [6, 6.07) is 19.2. The van der Waals surface area contributed by atoms with Gasteiger partial charge in [-0.2, -0.15) is 0 Å². The summed E-state index contributed by atoms with van der Waals surface area (Å²) in [4.78, 5) is 40.6. The van der Waals surface area contributed by atoms with Gasteiger partial charge in [-0.3, -0.25) is 4.90 Å². The van der Waals surface area contributed by atoms with Crippen molar-refractivity contribution in [2.24, 2.45) is 0 Å². The maximum absolute atomic E-state index is 13.1. The summed E-state index contributed by atoms with van der Waals surface area (Å²) in [7, 11) is 1.46. The number of nitrogens with zero attached hydrogens (tertiary/aromatic N) is 3. The number of anilines is 1. The van der Waals surface area contributed by atoms with E-state index >= 15 is 0 Å². The molecule has 0 spiro atoms. The standard InChI is InChI=1S/C28H25Cl2N7O3/c1-37(28(39)40)20-9-7-17(8-10-20)24-25(30)36-26(35-24)22(11-16-5-3-2-4-6-16)34-27(38)31-14-18-12-19(29)13-21-23(18)33-15-32-21/h2-10,12-13,15,22H,11,14H2,1H3,(H,32,33)(H,35,36)(H,39,40)(H2,31,34,38)/t22-/m0/s1. The summed E-state index contributed by atoms with van der Waals surface area (Å²) >= 11 is 12.8. The molecular weight excluding hydrogens is 553 g/mol. The minimum atomic E-state index is -1.06. The van der Waals surface area contributed by atoms with E-state index in [0.29, 0.717) is 39.4 Å². The number of carbonyl (C=O) groups is 2. The third kappa shape index (κ3) is 6.03. The lowest BCUT2D eigenvalue weighted by molar-refractivity contribution is 0.203. The topological polar surface area (TPSA) is 139 Å². The largest absolute Gasteiger partial charge is 0.465 e. The molecule has 3 aromatic carbocycles. The molecule has 12 heteroatoms. The number of benzene rings is 3. The van der Waals surface area contributed by atoms with Gasteiger partial charge in [0.25, 0.3) is 0 Å². The number of aromatic nitrogens is 4. The van der Waals surface area contributed by atoms with Crippen LogP contribution in [-0.2, 0) is 13.0 Å². The summed E-state index contributed by atoms with van der Waals surface area (Å²) < 4.78 is 0. The zero-order valence-electron chi connectivity index (χ0n) is 21.3. The average Bonchev–Trinajstić information content (AvgIpc) is 3.58. The van der Waals surface area contributed by atoms with Gasteiger partial charge in [0.2, 0.25) is 0 Å². The fraction of sp³-hybridized carbons (Fsp3) is 0.143. The number of hydrogen-bond acceptors (Lipinski definition) is 4. The molecule has 5 aromatic rings. The van der Waals surface area contributed by atoms with Crippen LogP contribution in [0.3, 0.4) is 0 Å². The van der Waals surface area contributed by atoms with Crippen molar-refractivity contribution in [3.8, 4) is 11.3 Å². The summed E-state index contributed by atoms with van der Waals surface area (Å²) in [5, 5.41) is 15.9. The van der Waals surface area contributed by atoms with Gasteiger partial charge in [0, 0.05) is 35.4 Å². The van der Waals surface area contributed by atoms with Crippen molar-refractivity contribution in [1.29, 1.82) is 0 Å². The van der Waals surface area contributed by atoms with Gasteiger partial charge in [0.15, 0.2) is 0 Å². The van der Waals surface area contributed by atoms with E-state index in [2.05, 4.69) is 25.6 Å². The molecule has 0 bridgehead atoms. The van der Waals surface area contributed by atoms with Crippen LogP contribution in [0.5, 0.6) is 0 Å². The number of aromatic amines is 2. The van der Waals surface area contributed by atoms with E-state index in [-0.39, 0.29) is 6.54 Å². The minimum absolute atomic E-state index is 0.215. The zero-order chi connectivity index (χ0) is 28.2. The first-order chi connectivity index (χ1) is 19.3. The Kier molecular flexibility index (Phi) is 7.90. The number of hydrogen-bond donors (Lipinski definition) is 5. The number of imidazole rings is 2. The second kappa shape index (κ2) is 11.7. The fourth-order valence-electron chi connectivity index (χ4n) is 4.35. The van der Waals surface area contributed by atoms with Gasteiger partial charge in [-0.15, -0.1) is 0 Å². The molecule has 40 heavy (non-hydrogen) atoms. The predicted octanol–water partition coefficient (Wildman–Crippen LogP) is 6.16. The number of amides is 3. The third-order valence-electron chi connectivity index (χ3n) is 6.42. The average molecular weight is 578 g/mol. The Morgan fingerprint density at radius 3 is 2.55 bits per heavy atom. The Morgan fingerprint density at radius 1 is 1.07 bits per heavy atom. The molecule has 2 heterocycles. The summed E-state index contributed by atoms with van der Waals surface area (Å²) in [5.41, 5.74) is 4.98. The molecule has 2 aromatic heterocycles. The molecule has 1 atom stereocenters. The van der Waals surface area contributed by atoms with Gasteiger partial charge in [0.05, 0.1) is 23.4 Å². The van der Waals surface area contributed by atoms with Crippen molar-refractivity contribution in [1.82, 2.24) is 30.6 Å². The van der Waals surface area contributed by atoms with Crippen LogP contribution >= 0.6 is 23.2 Å². The maximum Gasteiger partial charge on any atom is 0.411 e. The lowest BCUT2D eigenvalue weighted by atomic mass is 10.1. The second-order valence-electron chi connectivity index (χ2n) is 9.11. The van der Waals surface area contributed by atoms with E-state index in [1.165, 1.54) is 7.05 Å². The van der Waals surface area contributed by atoms with Crippen molar-refractivity contribution >= 4 is 52.0 Å². The molecule has 204 valence electrons. The van der Waals surface area contributed by atoms with E-state index in [1.807, 2.05) is 30.3 Å². The highest BCUT2D eigenvalue weighted by Crippen LogP contribution is 2.30. The van der Waals surface area contributed by atoms with E-state index < -0.39 is 18.2 Å². The van der Waals surface area contributed by atoms with E-state index in [0.717, 1.165) is 27.1 Å². The molecule has 0 saturated carbocycles.